The van der Waals surface area contributed by atoms with Crippen molar-refractivity contribution in [1.82, 2.24) is 24.2 Å². The first-order chi connectivity index (χ1) is 16.1. The fourth-order valence-electron chi connectivity index (χ4n) is 3.31. The van der Waals surface area contributed by atoms with Gasteiger partial charge in [-0.05, 0) is 12.1 Å². The number of aromatic nitrogens is 4. The lowest BCUT2D eigenvalue weighted by molar-refractivity contribution is -0.0468. The lowest BCUT2D eigenvalue weighted by atomic mass is 10.1. The topological polar surface area (TPSA) is 195 Å². The number of fused-ring (bicyclic) bond motifs is 1. The number of nitrogens with zero attached hydrogens (tertiary/aromatic N) is 4. The maximum atomic E-state index is 13.1. The van der Waals surface area contributed by atoms with E-state index in [0.717, 1.165) is 12.1 Å². The summed E-state index contributed by atoms with van der Waals surface area (Å²) >= 11 is 0. The quantitative estimate of drug-likeness (QED) is 0.310. The van der Waals surface area contributed by atoms with Gasteiger partial charge in [0.15, 0.2) is 17.4 Å². The number of carbonyl (C=O) groups is 1. The highest BCUT2D eigenvalue weighted by Gasteiger charge is 2.45. The number of imidazole rings is 1. The van der Waals surface area contributed by atoms with E-state index in [2.05, 4.69) is 15.0 Å². The minimum Gasteiger partial charge on any atom is -0.507 e. The molecule has 1 aromatic carbocycles. The average molecular weight is 499 g/mol. The molecule has 0 spiro atoms. The van der Waals surface area contributed by atoms with Crippen LogP contribution in [0.1, 0.15) is 16.6 Å². The van der Waals surface area contributed by atoms with Gasteiger partial charge in [-0.1, -0.05) is 0 Å². The standard InChI is InChI=1S/C18H18FN5O9S/c1-31-17-12-15(20-6-21-17)24(7-22-12)18-14(27)13(26)11(33-18)5-32-34(29,30)23-16(28)9-3-2-8(19)4-10(9)25/h2-4,6-7,11,13-14,18,25-27H,5H2,1H3,(H,23,28)/t11?,13-,14-,18-/m1/s1. The maximum Gasteiger partial charge on any atom is 0.362 e. The Hall–Kier alpha value is -3.44. The first kappa shape index (κ1) is 23.7. The predicted octanol–water partition coefficient (Wildman–Crippen LogP) is -1.01. The molecule has 34 heavy (non-hydrogen) atoms. The van der Waals surface area contributed by atoms with Crippen molar-refractivity contribution in [3.63, 3.8) is 0 Å². The third-order valence-electron chi connectivity index (χ3n) is 4.94. The van der Waals surface area contributed by atoms with Crippen LogP contribution in [-0.2, 0) is 19.2 Å². The summed E-state index contributed by atoms with van der Waals surface area (Å²) in [5, 5.41) is 30.4. The van der Waals surface area contributed by atoms with Gasteiger partial charge in [0.05, 0.1) is 25.6 Å². The molecule has 4 rings (SSSR count). The number of carbonyl (C=O) groups excluding carboxylic acids is 1. The minimum atomic E-state index is -4.73. The van der Waals surface area contributed by atoms with Crippen molar-refractivity contribution in [2.45, 2.75) is 24.5 Å². The second-order valence-electron chi connectivity index (χ2n) is 7.08. The number of methoxy groups -OCH3 is 1. The third-order valence-corrected chi connectivity index (χ3v) is 5.82. The normalized spacial score (nSPS) is 22.7. The van der Waals surface area contributed by atoms with Crippen LogP contribution in [-0.4, -0.2) is 81.2 Å². The molecule has 0 bridgehead atoms. The molecule has 1 amide bonds. The fourth-order valence-corrected chi connectivity index (χ4v) is 4.02. The zero-order valence-corrected chi connectivity index (χ0v) is 18.1. The van der Waals surface area contributed by atoms with E-state index in [1.54, 1.807) is 4.72 Å². The third kappa shape index (κ3) is 4.48. The summed E-state index contributed by atoms with van der Waals surface area (Å²) in [7, 11) is -3.35. The molecule has 2 aromatic heterocycles. The Morgan fingerprint density at radius 2 is 2.03 bits per heavy atom. The van der Waals surface area contributed by atoms with Crippen LogP contribution in [0.2, 0.25) is 0 Å². The highest BCUT2D eigenvalue weighted by molar-refractivity contribution is 7.85. The molecule has 3 aromatic rings. The molecule has 0 saturated carbocycles. The van der Waals surface area contributed by atoms with Gasteiger partial charge in [0.25, 0.3) is 5.91 Å². The molecule has 1 fully saturated rings. The van der Waals surface area contributed by atoms with Crippen LogP contribution in [0.3, 0.4) is 0 Å². The van der Waals surface area contributed by atoms with Gasteiger partial charge < -0.3 is 24.8 Å². The number of ether oxygens (including phenoxy) is 2. The summed E-state index contributed by atoms with van der Waals surface area (Å²) in [5.74, 6) is -2.71. The Morgan fingerprint density at radius 1 is 1.26 bits per heavy atom. The zero-order valence-electron chi connectivity index (χ0n) is 17.3. The van der Waals surface area contributed by atoms with E-state index in [-0.39, 0.29) is 17.0 Å². The zero-order chi connectivity index (χ0) is 24.6. The number of phenols is 1. The van der Waals surface area contributed by atoms with E-state index in [1.165, 1.54) is 24.3 Å². The molecule has 0 radical (unpaired) electrons. The lowest BCUT2D eigenvalue weighted by Gasteiger charge is -2.16. The summed E-state index contributed by atoms with van der Waals surface area (Å²) < 4.78 is 55.5. The van der Waals surface area contributed by atoms with Crippen LogP contribution < -0.4 is 9.46 Å². The van der Waals surface area contributed by atoms with Gasteiger partial charge in [0, 0.05) is 6.07 Å². The van der Waals surface area contributed by atoms with Crippen molar-refractivity contribution in [3.05, 3.63) is 42.2 Å². The predicted molar refractivity (Wildman–Crippen MR) is 108 cm³/mol. The molecule has 3 heterocycles. The smallest absolute Gasteiger partial charge is 0.362 e. The SMILES string of the molecule is COc1ncnc2c1ncn2[C@@H]1OC(COS(=O)(=O)NC(=O)c2ccc(F)cc2O)[C@@H](O)[C@H]1O. The van der Waals surface area contributed by atoms with E-state index in [9.17, 15) is 32.9 Å². The van der Waals surface area contributed by atoms with Crippen LogP contribution in [0.5, 0.6) is 11.6 Å². The molecule has 0 aliphatic carbocycles. The van der Waals surface area contributed by atoms with Crippen molar-refractivity contribution in [3.8, 4) is 11.6 Å². The van der Waals surface area contributed by atoms with Crippen molar-refractivity contribution < 1.29 is 46.6 Å². The number of aliphatic hydroxyl groups is 2. The molecule has 1 saturated heterocycles. The Morgan fingerprint density at radius 3 is 2.74 bits per heavy atom. The van der Waals surface area contributed by atoms with Gasteiger partial charge in [-0.25, -0.2) is 19.1 Å². The highest BCUT2D eigenvalue weighted by Crippen LogP contribution is 2.32. The van der Waals surface area contributed by atoms with Gasteiger partial charge >= 0.3 is 10.3 Å². The maximum absolute atomic E-state index is 13.1. The summed E-state index contributed by atoms with van der Waals surface area (Å²) in [6.45, 7) is -0.780. The lowest BCUT2D eigenvalue weighted by Crippen LogP contribution is -2.37. The van der Waals surface area contributed by atoms with Crippen molar-refractivity contribution in [2.24, 2.45) is 0 Å². The molecule has 4 N–H and O–H groups in total. The van der Waals surface area contributed by atoms with E-state index < -0.39 is 64.5 Å². The van der Waals surface area contributed by atoms with Gasteiger partial charge in [-0.2, -0.15) is 13.4 Å². The van der Waals surface area contributed by atoms with E-state index in [1.807, 2.05) is 0 Å². The molecule has 16 heteroatoms. The van der Waals surface area contributed by atoms with Gasteiger partial charge in [-0.3, -0.25) is 13.5 Å². The van der Waals surface area contributed by atoms with Gasteiger partial charge in [0.2, 0.25) is 5.88 Å². The highest BCUT2D eigenvalue weighted by atomic mass is 32.2. The number of rotatable bonds is 7. The first-order valence-corrected chi connectivity index (χ1v) is 10.9. The van der Waals surface area contributed by atoms with Crippen molar-refractivity contribution >= 4 is 27.4 Å². The number of aliphatic hydroxyl groups excluding tert-OH is 2. The van der Waals surface area contributed by atoms with E-state index in [0.29, 0.717) is 6.07 Å². The number of benzene rings is 1. The summed E-state index contributed by atoms with van der Waals surface area (Å²) in [4.78, 5) is 24.1. The second-order valence-corrected chi connectivity index (χ2v) is 8.43. The number of amides is 1. The molecule has 1 aliphatic heterocycles. The molecular formula is C18H18FN5O9S. The average Bonchev–Trinajstić information content (AvgIpc) is 3.33. The number of aromatic hydroxyl groups is 1. The number of hydrogen-bond donors (Lipinski definition) is 4. The monoisotopic (exact) mass is 499 g/mol. The van der Waals surface area contributed by atoms with Gasteiger partial charge in [0.1, 0.15) is 36.2 Å². The number of phenolic OH excluding ortho intramolecular Hbond substituents is 1. The minimum absolute atomic E-state index is 0.172. The molecule has 14 nitrogen and oxygen atoms in total. The molecular weight excluding hydrogens is 481 g/mol. The molecule has 1 aliphatic rings. The Labute approximate surface area is 190 Å². The number of nitrogens with one attached hydrogen (secondary N) is 1. The summed E-state index contributed by atoms with van der Waals surface area (Å²) in [6.07, 6.45) is -3.14. The second kappa shape index (κ2) is 9.07. The Kier molecular flexibility index (Phi) is 6.32. The van der Waals surface area contributed by atoms with E-state index >= 15 is 0 Å². The largest absolute Gasteiger partial charge is 0.507 e. The van der Waals surface area contributed by atoms with Crippen molar-refractivity contribution in [1.29, 1.82) is 0 Å². The van der Waals surface area contributed by atoms with Gasteiger partial charge in [-0.15, -0.1) is 0 Å². The van der Waals surface area contributed by atoms with Crippen LogP contribution in [0.25, 0.3) is 11.2 Å². The molecule has 4 atom stereocenters. The van der Waals surface area contributed by atoms with Crippen LogP contribution in [0.15, 0.2) is 30.9 Å². The Balaban J connectivity index is 1.44. The van der Waals surface area contributed by atoms with Crippen LogP contribution in [0.4, 0.5) is 4.39 Å². The number of hydrogen-bond acceptors (Lipinski definition) is 12. The first-order valence-electron chi connectivity index (χ1n) is 9.54. The van der Waals surface area contributed by atoms with Crippen LogP contribution >= 0.6 is 0 Å². The fraction of sp³-hybridized carbons (Fsp3) is 0.333. The molecule has 1 unspecified atom stereocenters. The van der Waals surface area contributed by atoms with Crippen molar-refractivity contribution in [2.75, 3.05) is 13.7 Å². The number of halogens is 1. The summed E-state index contributed by atoms with van der Waals surface area (Å²) in [5.41, 5.74) is -0.0152. The molecule has 182 valence electrons. The summed E-state index contributed by atoms with van der Waals surface area (Å²) in [6, 6.07) is 2.37. The van der Waals surface area contributed by atoms with E-state index in [4.69, 9.17) is 13.7 Å². The van der Waals surface area contributed by atoms with Crippen LogP contribution in [0, 0.1) is 5.82 Å². The Bertz CT molecular complexity index is 1330.